The van der Waals surface area contributed by atoms with Gasteiger partial charge in [0.15, 0.2) is 0 Å². The number of hydrogen-bond acceptors (Lipinski definition) is 3. The summed E-state index contributed by atoms with van der Waals surface area (Å²) < 4.78 is 0. The molecule has 4 heteroatoms. The van der Waals surface area contributed by atoms with E-state index in [2.05, 4.69) is 15.6 Å². The van der Waals surface area contributed by atoms with Gasteiger partial charge in [-0.2, -0.15) is 0 Å². The number of fused-ring (bicyclic) bond motifs is 1. The molecule has 0 radical (unpaired) electrons. The van der Waals surface area contributed by atoms with Crippen molar-refractivity contribution in [2.24, 2.45) is 5.92 Å². The Morgan fingerprint density at radius 2 is 2.32 bits per heavy atom. The van der Waals surface area contributed by atoms with E-state index in [1.807, 2.05) is 12.1 Å². The number of rotatable bonds is 3. The molecule has 102 valence electrons. The van der Waals surface area contributed by atoms with Crippen LogP contribution in [0.4, 0.5) is 0 Å². The summed E-state index contributed by atoms with van der Waals surface area (Å²) in [4.78, 5) is 16.2. The van der Waals surface area contributed by atoms with Gasteiger partial charge in [0, 0.05) is 25.0 Å². The molecule has 3 rings (SSSR count). The lowest BCUT2D eigenvalue weighted by Gasteiger charge is -2.24. The Kier molecular flexibility index (Phi) is 3.78. The second-order valence-electron chi connectivity index (χ2n) is 5.69. The minimum absolute atomic E-state index is 0.00442. The van der Waals surface area contributed by atoms with Gasteiger partial charge in [0.25, 0.3) is 0 Å². The molecule has 1 aromatic heterocycles. The smallest absolute Gasteiger partial charge is 0.237 e. The predicted octanol–water partition coefficient (Wildman–Crippen LogP) is 1.62. The van der Waals surface area contributed by atoms with Crippen LogP contribution in [0.15, 0.2) is 24.5 Å². The molecule has 2 fully saturated rings. The van der Waals surface area contributed by atoms with Crippen molar-refractivity contribution in [2.75, 3.05) is 0 Å². The minimum atomic E-state index is 0.00442. The van der Waals surface area contributed by atoms with Gasteiger partial charge in [0.2, 0.25) is 5.91 Å². The Labute approximate surface area is 114 Å². The molecule has 1 amide bonds. The van der Waals surface area contributed by atoms with Crippen LogP contribution in [0.3, 0.4) is 0 Å². The lowest BCUT2D eigenvalue weighted by Crippen LogP contribution is -2.42. The van der Waals surface area contributed by atoms with Crippen LogP contribution in [-0.4, -0.2) is 23.0 Å². The molecule has 0 spiro atoms. The van der Waals surface area contributed by atoms with Crippen LogP contribution in [0.2, 0.25) is 0 Å². The van der Waals surface area contributed by atoms with Crippen LogP contribution in [-0.2, 0) is 11.3 Å². The maximum atomic E-state index is 12.2. The minimum Gasteiger partial charge on any atom is -0.351 e. The summed E-state index contributed by atoms with van der Waals surface area (Å²) in [6.07, 6.45) is 9.69. The molecule has 1 aliphatic carbocycles. The van der Waals surface area contributed by atoms with E-state index in [-0.39, 0.29) is 11.9 Å². The maximum absolute atomic E-state index is 12.2. The second-order valence-corrected chi connectivity index (χ2v) is 5.69. The molecule has 3 atom stereocenters. The summed E-state index contributed by atoms with van der Waals surface area (Å²) in [6.45, 7) is 0.570. The zero-order valence-electron chi connectivity index (χ0n) is 11.1. The topological polar surface area (TPSA) is 54.0 Å². The van der Waals surface area contributed by atoms with Gasteiger partial charge in [-0.3, -0.25) is 9.78 Å². The maximum Gasteiger partial charge on any atom is 0.237 e. The van der Waals surface area contributed by atoms with Gasteiger partial charge in [-0.25, -0.2) is 0 Å². The van der Waals surface area contributed by atoms with Crippen molar-refractivity contribution < 1.29 is 4.79 Å². The van der Waals surface area contributed by atoms with Crippen molar-refractivity contribution in [3.63, 3.8) is 0 Å². The summed E-state index contributed by atoms with van der Waals surface area (Å²) >= 11 is 0. The molecule has 2 aliphatic rings. The van der Waals surface area contributed by atoms with Gasteiger partial charge >= 0.3 is 0 Å². The first kappa shape index (κ1) is 12.6. The van der Waals surface area contributed by atoms with Gasteiger partial charge in [-0.1, -0.05) is 18.9 Å². The molecular formula is C15H21N3O. The molecule has 2 N–H and O–H groups in total. The van der Waals surface area contributed by atoms with Gasteiger partial charge in [0.1, 0.15) is 0 Å². The molecule has 1 saturated carbocycles. The molecule has 2 heterocycles. The van der Waals surface area contributed by atoms with Crippen LogP contribution in [0.1, 0.15) is 37.7 Å². The second kappa shape index (κ2) is 5.70. The fraction of sp³-hybridized carbons (Fsp3) is 0.600. The highest BCUT2D eigenvalue weighted by molar-refractivity contribution is 5.82. The average molecular weight is 259 g/mol. The van der Waals surface area contributed by atoms with Crippen molar-refractivity contribution in [3.8, 4) is 0 Å². The van der Waals surface area contributed by atoms with E-state index in [1.54, 1.807) is 12.4 Å². The number of carbonyl (C=O) groups excluding carboxylic acids is 1. The molecule has 0 aromatic carbocycles. The Bertz CT molecular complexity index is 420. The van der Waals surface area contributed by atoms with E-state index >= 15 is 0 Å². The first-order valence-electron chi connectivity index (χ1n) is 7.25. The van der Waals surface area contributed by atoms with Crippen molar-refractivity contribution in [1.82, 2.24) is 15.6 Å². The highest BCUT2D eigenvalue weighted by Crippen LogP contribution is 2.33. The van der Waals surface area contributed by atoms with Crippen molar-refractivity contribution in [1.29, 1.82) is 0 Å². The fourth-order valence-corrected chi connectivity index (χ4v) is 3.34. The van der Waals surface area contributed by atoms with E-state index in [0.717, 1.165) is 12.0 Å². The number of nitrogens with one attached hydrogen (secondary N) is 2. The molecule has 0 bridgehead atoms. The number of amides is 1. The van der Waals surface area contributed by atoms with Crippen LogP contribution in [0.5, 0.6) is 0 Å². The van der Waals surface area contributed by atoms with E-state index < -0.39 is 0 Å². The quantitative estimate of drug-likeness (QED) is 0.867. The largest absolute Gasteiger partial charge is 0.351 e. The Morgan fingerprint density at radius 1 is 1.42 bits per heavy atom. The molecule has 4 nitrogen and oxygen atoms in total. The summed E-state index contributed by atoms with van der Waals surface area (Å²) in [7, 11) is 0. The Hall–Kier alpha value is -1.42. The fourth-order valence-electron chi connectivity index (χ4n) is 3.34. The number of pyridine rings is 1. The van der Waals surface area contributed by atoms with Gasteiger partial charge < -0.3 is 10.6 Å². The number of hydrogen-bond donors (Lipinski definition) is 2. The highest BCUT2D eigenvalue weighted by Gasteiger charge is 2.37. The highest BCUT2D eigenvalue weighted by atomic mass is 16.2. The molecule has 3 unspecified atom stereocenters. The van der Waals surface area contributed by atoms with Gasteiger partial charge in [-0.05, 0) is 36.8 Å². The van der Waals surface area contributed by atoms with Crippen molar-refractivity contribution in [2.45, 2.75) is 50.7 Å². The molecule has 1 saturated heterocycles. The molecule has 1 aromatic rings. The lowest BCUT2D eigenvalue weighted by atomic mass is 9.85. The SMILES string of the molecule is O=C(NCc1cccnc1)C1CC2CCCCC2N1. The van der Waals surface area contributed by atoms with E-state index in [0.29, 0.717) is 18.5 Å². The monoisotopic (exact) mass is 259 g/mol. The standard InChI is InChI=1S/C15H21N3O/c19-15(17-10-11-4-3-7-16-9-11)14-8-12-5-1-2-6-13(12)18-14/h3-4,7,9,12-14,18H,1-2,5-6,8,10H2,(H,17,19). The Morgan fingerprint density at radius 3 is 3.11 bits per heavy atom. The van der Waals surface area contributed by atoms with Crippen LogP contribution in [0.25, 0.3) is 0 Å². The summed E-state index contributed by atoms with van der Waals surface area (Å²) in [6, 6.07) is 4.45. The van der Waals surface area contributed by atoms with Crippen molar-refractivity contribution >= 4 is 5.91 Å². The number of aromatic nitrogens is 1. The third-order valence-electron chi connectivity index (χ3n) is 4.37. The average Bonchev–Trinajstić information content (AvgIpc) is 2.90. The summed E-state index contributed by atoms with van der Waals surface area (Å²) in [5, 5.41) is 6.51. The summed E-state index contributed by atoms with van der Waals surface area (Å²) in [5.74, 6) is 0.848. The first-order valence-corrected chi connectivity index (χ1v) is 7.25. The number of nitrogens with zero attached hydrogens (tertiary/aromatic N) is 1. The van der Waals surface area contributed by atoms with E-state index in [4.69, 9.17) is 0 Å². The predicted molar refractivity (Wildman–Crippen MR) is 73.4 cm³/mol. The first-order chi connectivity index (χ1) is 9.33. The van der Waals surface area contributed by atoms with Gasteiger partial charge in [0.05, 0.1) is 6.04 Å². The normalized spacial score (nSPS) is 29.8. The Balaban J connectivity index is 1.51. The van der Waals surface area contributed by atoms with Crippen LogP contribution < -0.4 is 10.6 Å². The third kappa shape index (κ3) is 2.95. The molecule has 1 aliphatic heterocycles. The molecular weight excluding hydrogens is 238 g/mol. The van der Waals surface area contributed by atoms with Gasteiger partial charge in [-0.15, -0.1) is 0 Å². The lowest BCUT2D eigenvalue weighted by molar-refractivity contribution is -0.123. The van der Waals surface area contributed by atoms with Crippen molar-refractivity contribution in [3.05, 3.63) is 30.1 Å². The van der Waals surface area contributed by atoms with Crippen LogP contribution in [0, 0.1) is 5.92 Å². The van der Waals surface area contributed by atoms with E-state index in [1.165, 1.54) is 25.7 Å². The third-order valence-corrected chi connectivity index (χ3v) is 4.37. The zero-order valence-corrected chi connectivity index (χ0v) is 11.1. The zero-order chi connectivity index (χ0) is 13.1. The van der Waals surface area contributed by atoms with Crippen LogP contribution >= 0.6 is 0 Å². The number of carbonyl (C=O) groups is 1. The molecule has 19 heavy (non-hydrogen) atoms. The van der Waals surface area contributed by atoms with E-state index in [9.17, 15) is 4.79 Å². The summed E-state index contributed by atoms with van der Waals surface area (Å²) in [5.41, 5.74) is 1.05.